The Morgan fingerprint density at radius 2 is 1.67 bits per heavy atom. The fourth-order valence-electron chi connectivity index (χ4n) is 2.94. The maximum atomic E-state index is 6.35. The molecule has 1 saturated carbocycles. The molecule has 1 aliphatic rings. The second-order valence-electron chi connectivity index (χ2n) is 5.69. The zero-order chi connectivity index (χ0) is 13.1. The Bertz CT molecular complexity index is 380. The first-order chi connectivity index (χ1) is 8.59. The van der Waals surface area contributed by atoms with Crippen LogP contribution in [0.25, 0.3) is 0 Å². The minimum Gasteiger partial charge on any atom is -0.488 e. The molecule has 0 radical (unpaired) electrons. The molecule has 1 aliphatic carbocycles. The number of aryl methyl sites for hydroxylation is 2. The maximum absolute atomic E-state index is 6.35. The monoisotopic (exact) mass is 247 g/mol. The largest absolute Gasteiger partial charge is 0.488 e. The van der Waals surface area contributed by atoms with Crippen molar-refractivity contribution in [2.75, 3.05) is 14.1 Å². The van der Waals surface area contributed by atoms with Crippen LogP contribution in [0.5, 0.6) is 5.75 Å². The lowest BCUT2D eigenvalue weighted by molar-refractivity contribution is 0.0612. The van der Waals surface area contributed by atoms with Crippen LogP contribution in [0.15, 0.2) is 18.2 Å². The Balaban J connectivity index is 2.16. The van der Waals surface area contributed by atoms with Gasteiger partial charge in [0.05, 0.1) is 0 Å². The number of hydrogen-bond donors (Lipinski definition) is 0. The van der Waals surface area contributed by atoms with Gasteiger partial charge in [0.15, 0.2) is 0 Å². The average molecular weight is 247 g/mol. The summed E-state index contributed by atoms with van der Waals surface area (Å²) in [6, 6.07) is 6.92. The van der Waals surface area contributed by atoms with E-state index >= 15 is 0 Å². The van der Waals surface area contributed by atoms with Crippen LogP contribution in [-0.4, -0.2) is 31.1 Å². The highest BCUT2D eigenvalue weighted by molar-refractivity contribution is 5.40. The van der Waals surface area contributed by atoms with Crippen LogP contribution in [0, 0.1) is 13.8 Å². The lowest BCUT2D eigenvalue weighted by Gasteiger charge is -2.36. The van der Waals surface area contributed by atoms with Crippen molar-refractivity contribution in [3.05, 3.63) is 29.3 Å². The highest BCUT2D eigenvalue weighted by Gasteiger charge is 2.28. The fraction of sp³-hybridized carbons (Fsp3) is 0.625. The van der Waals surface area contributed by atoms with E-state index in [9.17, 15) is 0 Å². The van der Waals surface area contributed by atoms with Gasteiger partial charge in [-0.3, -0.25) is 0 Å². The van der Waals surface area contributed by atoms with Crippen LogP contribution in [0.2, 0.25) is 0 Å². The number of likely N-dealkylation sites (N-methyl/N-ethyl adjacent to an activating group) is 1. The number of nitrogens with zero attached hydrogens (tertiary/aromatic N) is 1. The van der Waals surface area contributed by atoms with E-state index in [-0.39, 0.29) is 0 Å². The second-order valence-corrected chi connectivity index (χ2v) is 5.69. The van der Waals surface area contributed by atoms with Gasteiger partial charge in [0.2, 0.25) is 0 Å². The van der Waals surface area contributed by atoms with Crippen LogP contribution in [0.3, 0.4) is 0 Å². The lowest BCUT2D eigenvalue weighted by Crippen LogP contribution is -2.44. The normalized spacial score (nSPS) is 24.3. The van der Waals surface area contributed by atoms with Crippen molar-refractivity contribution in [1.29, 1.82) is 0 Å². The number of hydrogen-bond acceptors (Lipinski definition) is 2. The first-order valence-corrected chi connectivity index (χ1v) is 6.99. The molecule has 1 aromatic rings. The number of rotatable bonds is 3. The summed E-state index contributed by atoms with van der Waals surface area (Å²) in [4.78, 5) is 2.32. The lowest BCUT2D eigenvalue weighted by atomic mass is 9.91. The molecule has 1 fully saturated rings. The van der Waals surface area contributed by atoms with Gasteiger partial charge in [0.1, 0.15) is 11.9 Å². The Morgan fingerprint density at radius 1 is 1.06 bits per heavy atom. The van der Waals surface area contributed by atoms with Gasteiger partial charge in [0, 0.05) is 6.04 Å². The third-order valence-corrected chi connectivity index (χ3v) is 4.01. The van der Waals surface area contributed by atoms with Crippen molar-refractivity contribution in [1.82, 2.24) is 4.90 Å². The molecule has 0 heterocycles. The van der Waals surface area contributed by atoms with Crippen molar-refractivity contribution in [3.8, 4) is 5.75 Å². The number of ether oxygens (including phenoxy) is 1. The minimum atomic E-state index is 0.341. The molecule has 2 atom stereocenters. The summed E-state index contributed by atoms with van der Waals surface area (Å²) in [5.41, 5.74) is 2.50. The van der Waals surface area contributed by atoms with Crippen LogP contribution >= 0.6 is 0 Å². The van der Waals surface area contributed by atoms with E-state index in [2.05, 4.69) is 51.0 Å². The molecule has 2 heteroatoms. The zero-order valence-electron chi connectivity index (χ0n) is 12.1. The molecule has 0 bridgehead atoms. The van der Waals surface area contributed by atoms with Gasteiger partial charge in [-0.1, -0.05) is 24.6 Å². The maximum Gasteiger partial charge on any atom is 0.125 e. The Kier molecular flexibility index (Phi) is 4.28. The van der Waals surface area contributed by atoms with Gasteiger partial charge in [-0.15, -0.1) is 0 Å². The van der Waals surface area contributed by atoms with Gasteiger partial charge in [-0.2, -0.15) is 0 Å². The van der Waals surface area contributed by atoms with Crippen molar-refractivity contribution < 1.29 is 4.74 Å². The first kappa shape index (κ1) is 13.4. The third-order valence-electron chi connectivity index (χ3n) is 4.01. The van der Waals surface area contributed by atoms with Gasteiger partial charge in [-0.05, 0) is 58.3 Å². The highest BCUT2D eigenvalue weighted by Crippen LogP contribution is 2.30. The van der Waals surface area contributed by atoms with Crippen LogP contribution in [-0.2, 0) is 0 Å². The summed E-state index contributed by atoms with van der Waals surface area (Å²) in [7, 11) is 4.33. The van der Waals surface area contributed by atoms with E-state index < -0.39 is 0 Å². The molecule has 1 aromatic carbocycles. The quantitative estimate of drug-likeness (QED) is 0.810. The standard InChI is InChI=1S/C16H25NO/c1-12-8-7-9-13(2)16(12)18-15-11-6-5-10-14(15)17(3)4/h7-9,14-15H,5-6,10-11H2,1-4H3/t14-,15+/m0/s1. The van der Waals surface area contributed by atoms with Gasteiger partial charge < -0.3 is 9.64 Å². The van der Waals surface area contributed by atoms with Crippen molar-refractivity contribution in [3.63, 3.8) is 0 Å². The van der Waals surface area contributed by atoms with E-state index in [0.29, 0.717) is 12.1 Å². The fourth-order valence-corrected chi connectivity index (χ4v) is 2.94. The van der Waals surface area contributed by atoms with E-state index in [4.69, 9.17) is 4.74 Å². The van der Waals surface area contributed by atoms with Crippen LogP contribution < -0.4 is 4.74 Å². The summed E-state index contributed by atoms with van der Waals surface area (Å²) in [5, 5.41) is 0. The third kappa shape index (κ3) is 2.86. The van der Waals surface area contributed by atoms with Crippen LogP contribution in [0.4, 0.5) is 0 Å². The molecule has 0 saturated heterocycles. The van der Waals surface area contributed by atoms with Crippen molar-refractivity contribution >= 4 is 0 Å². The molecule has 2 nitrogen and oxygen atoms in total. The number of benzene rings is 1. The molecular weight excluding hydrogens is 222 g/mol. The predicted octanol–water partition coefficient (Wildman–Crippen LogP) is 3.56. The van der Waals surface area contributed by atoms with E-state index in [1.807, 2.05) is 0 Å². The second kappa shape index (κ2) is 5.75. The number of para-hydroxylation sites is 1. The highest BCUT2D eigenvalue weighted by atomic mass is 16.5. The smallest absolute Gasteiger partial charge is 0.125 e. The molecule has 0 aliphatic heterocycles. The SMILES string of the molecule is Cc1cccc(C)c1O[C@@H]1CCCC[C@@H]1N(C)C. The molecule has 2 rings (SSSR count). The van der Waals surface area contributed by atoms with E-state index in [1.54, 1.807) is 0 Å². The van der Waals surface area contributed by atoms with E-state index in [0.717, 1.165) is 5.75 Å². The molecule has 0 amide bonds. The summed E-state index contributed by atoms with van der Waals surface area (Å²) in [6.45, 7) is 4.27. The predicted molar refractivity (Wildman–Crippen MR) is 76.3 cm³/mol. The minimum absolute atomic E-state index is 0.341. The molecule has 18 heavy (non-hydrogen) atoms. The van der Waals surface area contributed by atoms with Gasteiger partial charge >= 0.3 is 0 Å². The van der Waals surface area contributed by atoms with Gasteiger partial charge in [-0.25, -0.2) is 0 Å². The summed E-state index contributed by atoms with van der Waals surface area (Å²) >= 11 is 0. The molecule has 0 spiro atoms. The summed E-state index contributed by atoms with van der Waals surface area (Å²) in [6.07, 6.45) is 5.39. The molecule has 0 aromatic heterocycles. The average Bonchev–Trinajstić information content (AvgIpc) is 2.34. The first-order valence-electron chi connectivity index (χ1n) is 6.99. The van der Waals surface area contributed by atoms with Crippen molar-refractivity contribution in [2.24, 2.45) is 0 Å². The topological polar surface area (TPSA) is 12.5 Å². The molecule has 0 unspecified atom stereocenters. The zero-order valence-corrected chi connectivity index (χ0v) is 12.1. The molecule has 100 valence electrons. The Hall–Kier alpha value is -1.02. The molecular formula is C16H25NO. The molecule has 0 N–H and O–H groups in total. The van der Waals surface area contributed by atoms with E-state index in [1.165, 1.54) is 36.8 Å². The Labute approximate surface area is 111 Å². The summed E-state index contributed by atoms with van der Waals surface area (Å²) in [5.74, 6) is 1.09. The van der Waals surface area contributed by atoms with Gasteiger partial charge in [0.25, 0.3) is 0 Å². The summed E-state index contributed by atoms with van der Waals surface area (Å²) < 4.78 is 6.35. The van der Waals surface area contributed by atoms with Crippen molar-refractivity contribution in [2.45, 2.75) is 51.7 Å². The van der Waals surface area contributed by atoms with Crippen LogP contribution in [0.1, 0.15) is 36.8 Å². The Morgan fingerprint density at radius 3 is 2.28 bits per heavy atom.